The van der Waals surface area contributed by atoms with E-state index in [0.717, 1.165) is 11.3 Å². The number of rotatable bonds is 4. The summed E-state index contributed by atoms with van der Waals surface area (Å²) in [6, 6.07) is 13.6. The molecule has 0 spiro atoms. The van der Waals surface area contributed by atoms with Gasteiger partial charge in [-0.2, -0.15) is 18.4 Å². The minimum atomic E-state index is -5.08. The monoisotopic (exact) mass is 456 g/mol. The highest BCUT2D eigenvalue weighted by Gasteiger charge is 2.46. The van der Waals surface area contributed by atoms with Gasteiger partial charge in [-0.3, -0.25) is 4.79 Å². The predicted octanol–water partition coefficient (Wildman–Crippen LogP) is 3.10. The second-order valence-corrected chi connectivity index (χ2v) is 6.59. The lowest BCUT2D eigenvalue weighted by Gasteiger charge is -2.08. The van der Waals surface area contributed by atoms with Crippen LogP contribution in [-0.2, 0) is 16.1 Å². The van der Waals surface area contributed by atoms with Crippen molar-refractivity contribution in [3.8, 4) is 6.07 Å². The highest BCUT2D eigenvalue weighted by atomic mass is 19.4. The van der Waals surface area contributed by atoms with E-state index in [2.05, 4.69) is 5.32 Å². The summed E-state index contributed by atoms with van der Waals surface area (Å²) in [5, 5.41) is 27.3. The van der Waals surface area contributed by atoms with Crippen LogP contribution < -0.4 is 16.8 Å². The molecule has 1 aliphatic rings. The lowest BCUT2D eigenvalue weighted by atomic mass is 10.1. The molecule has 0 bridgehead atoms. The topological polar surface area (TPSA) is 162 Å². The molecule has 7 N–H and O–H groups in total. The first-order valence-corrected chi connectivity index (χ1v) is 8.90. The molecule has 2 aromatic carbocycles. The number of nitrogens with two attached hydrogens (primary N) is 2. The van der Waals surface area contributed by atoms with Crippen molar-refractivity contribution in [3.63, 3.8) is 0 Å². The van der Waals surface area contributed by atoms with Crippen molar-refractivity contribution < 1.29 is 37.4 Å². The number of anilines is 2. The first-order chi connectivity index (χ1) is 14.8. The quantitative estimate of drug-likeness (QED) is 0.438. The van der Waals surface area contributed by atoms with Gasteiger partial charge in [0.2, 0.25) is 0 Å². The van der Waals surface area contributed by atoms with Crippen molar-refractivity contribution in [2.24, 2.45) is 11.5 Å². The number of nitriles is 1. The van der Waals surface area contributed by atoms with Crippen LogP contribution in [0.3, 0.4) is 0 Å². The van der Waals surface area contributed by atoms with Gasteiger partial charge in [-0.15, -0.1) is 0 Å². The number of hydrogen-bond acceptors (Lipinski definition) is 6. The van der Waals surface area contributed by atoms with Gasteiger partial charge >= 0.3 is 18.1 Å². The molecule has 1 fully saturated rings. The van der Waals surface area contributed by atoms with Gasteiger partial charge in [0.05, 0.1) is 11.3 Å². The summed E-state index contributed by atoms with van der Waals surface area (Å²) in [6.45, 7) is 0.486. The molecule has 2 aromatic rings. The third kappa shape index (κ3) is 8.58. The van der Waals surface area contributed by atoms with Crippen molar-refractivity contribution in [1.29, 1.82) is 5.26 Å². The molecule has 12 heteroatoms. The van der Waals surface area contributed by atoms with E-state index in [0.29, 0.717) is 25.1 Å². The van der Waals surface area contributed by atoms with Crippen LogP contribution in [-0.4, -0.2) is 33.9 Å². The molecule has 0 saturated heterocycles. The fraction of sp³-hybridized carbons (Fsp3) is 0.250. The lowest BCUT2D eigenvalue weighted by molar-refractivity contribution is -0.192. The van der Waals surface area contributed by atoms with Crippen molar-refractivity contribution >= 4 is 23.3 Å². The highest BCUT2D eigenvalue weighted by molar-refractivity contribution is 5.81. The van der Waals surface area contributed by atoms with Crippen LogP contribution in [0.15, 0.2) is 42.5 Å². The smallest absolute Gasteiger partial charge is 0.480 e. The summed E-state index contributed by atoms with van der Waals surface area (Å²) in [6.07, 6.45) is -3.80. The molecular formula is C20H20F4N4O4. The molecular weight excluding hydrogens is 436 g/mol. The number of carbonyl (C=O) groups is 2. The van der Waals surface area contributed by atoms with Gasteiger partial charge in [0.1, 0.15) is 17.4 Å². The number of aliphatic carboxylic acids is 2. The Balaban J connectivity index is 0.000000300. The van der Waals surface area contributed by atoms with E-state index in [1.54, 1.807) is 6.07 Å². The zero-order valence-corrected chi connectivity index (χ0v) is 16.5. The van der Waals surface area contributed by atoms with E-state index < -0.39 is 29.5 Å². The first kappa shape index (κ1) is 26.3. The standard InChI is InChI=1S/C14H12FN3.C4H7NO2.C2HF3O2/c15-12-3-6-14(11(7-12)9-17)18-13-4-1-10(8-16)2-5-13;5-4(1-2-4)3(6)7;3-2(4,5)1(6)7/h1-7,18H,8,16H2;1-2,5H2,(H,6,7);(H,6,7). The van der Waals surface area contributed by atoms with Crippen molar-refractivity contribution in [1.82, 2.24) is 0 Å². The van der Waals surface area contributed by atoms with E-state index in [1.807, 2.05) is 30.3 Å². The van der Waals surface area contributed by atoms with E-state index in [1.165, 1.54) is 12.1 Å². The minimum Gasteiger partial charge on any atom is -0.480 e. The average molecular weight is 456 g/mol. The Hall–Kier alpha value is -3.69. The Morgan fingerprint density at radius 2 is 1.66 bits per heavy atom. The first-order valence-electron chi connectivity index (χ1n) is 8.90. The van der Waals surface area contributed by atoms with Crippen LogP contribution in [0.1, 0.15) is 24.0 Å². The summed E-state index contributed by atoms with van der Waals surface area (Å²) in [5.41, 5.74) is 12.6. The molecule has 32 heavy (non-hydrogen) atoms. The summed E-state index contributed by atoms with van der Waals surface area (Å²) in [4.78, 5) is 18.9. The highest BCUT2D eigenvalue weighted by Crippen LogP contribution is 2.31. The molecule has 0 radical (unpaired) electrons. The molecule has 1 aliphatic carbocycles. The molecule has 172 valence electrons. The lowest BCUT2D eigenvalue weighted by Crippen LogP contribution is -2.31. The largest absolute Gasteiger partial charge is 0.490 e. The van der Waals surface area contributed by atoms with Crippen LogP contribution in [0, 0.1) is 17.1 Å². The number of carboxylic acids is 2. The van der Waals surface area contributed by atoms with Crippen LogP contribution in [0.5, 0.6) is 0 Å². The van der Waals surface area contributed by atoms with E-state index in [4.69, 9.17) is 31.7 Å². The molecule has 0 unspecified atom stereocenters. The fourth-order valence-corrected chi connectivity index (χ4v) is 1.95. The molecule has 0 amide bonds. The van der Waals surface area contributed by atoms with Crippen LogP contribution in [0.4, 0.5) is 28.9 Å². The molecule has 3 rings (SSSR count). The SMILES string of the molecule is N#Cc1cc(F)ccc1Nc1ccc(CN)cc1.NC1(C(=O)O)CC1.O=C(O)C(F)(F)F. The normalized spacial score (nSPS) is 13.3. The minimum absolute atomic E-state index is 0.276. The molecule has 8 nitrogen and oxygen atoms in total. The zero-order valence-electron chi connectivity index (χ0n) is 16.5. The maximum absolute atomic E-state index is 13.0. The molecule has 1 saturated carbocycles. The Morgan fingerprint density at radius 1 is 1.12 bits per heavy atom. The van der Waals surface area contributed by atoms with Gasteiger partial charge in [0, 0.05) is 12.2 Å². The van der Waals surface area contributed by atoms with Gasteiger partial charge in [0.25, 0.3) is 0 Å². The third-order valence-electron chi connectivity index (χ3n) is 4.03. The predicted molar refractivity (Wildman–Crippen MR) is 106 cm³/mol. The summed E-state index contributed by atoms with van der Waals surface area (Å²) < 4.78 is 44.7. The van der Waals surface area contributed by atoms with Gasteiger partial charge in [-0.25, -0.2) is 9.18 Å². The van der Waals surface area contributed by atoms with Gasteiger partial charge in [0.15, 0.2) is 0 Å². The number of hydrogen-bond donors (Lipinski definition) is 5. The van der Waals surface area contributed by atoms with Crippen LogP contribution >= 0.6 is 0 Å². The fourth-order valence-electron chi connectivity index (χ4n) is 1.95. The maximum Gasteiger partial charge on any atom is 0.490 e. The average Bonchev–Trinajstić information content (AvgIpc) is 3.49. The van der Waals surface area contributed by atoms with Gasteiger partial charge in [-0.05, 0) is 48.7 Å². The summed E-state index contributed by atoms with van der Waals surface area (Å²) in [5.74, 6) is -4.05. The Labute approximate surface area is 180 Å². The number of nitrogens with zero attached hydrogens (tertiary/aromatic N) is 1. The number of benzene rings is 2. The third-order valence-corrected chi connectivity index (χ3v) is 4.03. The number of carboxylic acid groups (broad SMARTS) is 2. The van der Waals surface area contributed by atoms with Gasteiger partial charge < -0.3 is 27.0 Å². The van der Waals surface area contributed by atoms with Crippen LogP contribution in [0.2, 0.25) is 0 Å². The van der Waals surface area contributed by atoms with E-state index in [-0.39, 0.29) is 5.56 Å². The second kappa shape index (κ2) is 11.1. The molecule has 0 heterocycles. The summed E-state index contributed by atoms with van der Waals surface area (Å²) in [7, 11) is 0. The van der Waals surface area contributed by atoms with Crippen molar-refractivity contribution in [3.05, 3.63) is 59.4 Å². The molecule has 0 aromatic heterocycles. The Bertz CT molecular complexity index is 969. The molecule has 0 aliphatic heterocycles. The number of halogens is 4. The van der Waals surface area contributed by atoms with E-state index >= 15 is 0 Å². The Kier molecular flexibility index (Phi) is 9.12. The van der Waals surface area contributed by atoms with Crippen molar-refractivity contribution in [2.45, 2.75) is 31.1 Å². The van der Waals surface area contributed by atoms with Crippen molar-refractivity contribution in [2.75, 3.05) is 5.32 Å². The summed E-state index contributed by atoms with van der Waals surface area (Å²) >= 11 is 0. The Morgan fingerprint density at radius 3 is 2.00 bits per heavy atom. The van der Waals surface area contributed by atoms with Crippen LogP contribution in [0.25, 0.3) is 0 Å². The number of nitrogens with one attached hydrogen (secondary N) is 1. The molecule has 0 atom stereocenters. The number of alkyl halides is 3. The van der Waals surface area contributed by atoms with E-state index in [9.17, 15) is 22.4 Å². The second-order valence-electron chi connectivity index (χ2n) is 6.59. The van der Waals surface area contributed by atoms with Gasteiger partial charge in [-0.1, -0.05) is 12.1 Å². The maximum atomic E-state index is 13.0. The zero-order chi connectivity index (χ0) is 24.5.